The van der Waals surface area contributed by atoms with Gasteiger partial charge in [-0.1, -0.05) is 18.2 Å². The minimum Gasteiger partial charge on any atom is -0.326 e. The number of hydrogen-bond acceptors (Lipinski definition) is 2. The Balaban J connectivity index is 1.87. The van der Waals surface area contributed by atoms with Gasteiger partial charge in [0.25, 0.3) is 0 Å². The van der Waals surface area contributed by atoms with Crippen molar-refractivity contribution in [1.29, 1.82) is 0 Å². The highest BCUT2D eigenvalue weighted by Gasteiger charge is 2.29. The largest absolute Gasteiger partial charge is 0.416 e. The van der Waals surface area contributed by atoms with E-state index in [0.717, 1.165) is 34.6 Å². The van der Waals surface area contributed by atoms with Gasteiger partial charge in [0.2, 0.25) is 0 Å². The van der Waals surface area contributed by atoms with Crippen molar-refractivity contribution in [3.05, 3.63) is 71.2 Å². The molecule has 0 aliphatic rings. The second-order valence-corrected chi connectivity index (χ2v) is 5.07. The Labute approximate surface area is 125 Å². The lowest BCUT2D eigenvalue weighted by atomic mass is 10.1. The average Bonchev–Trinajstić information content (AvgIpc) is 2.89. The SMILES string of the molecule is NCc1cccn2cc(Cc3ccc(C(F)(F)F)cc3)nc12. The van der Waals surface area contributed by atoms with E-state index in [1.807, 2.05) is 28.9 Å². The minimum atomic E-state index is -4.31. The van der Waals surface area contributed by atoms with E-state index in [-0.39, 0.29) is 0 Å². The van der Waals surface area contributed by atoms with E-state index in [1.165, 1.54) is 12.1 Å². The fraction of sp³-hybridized carbons (Fsp3) is 0.188. The molecule has 0 amide bonds. The monoisotopic (exact) mass is 305 g/mol. The van der Waals surface area contributed by atoms with Crippen LogP contribution in [0.1, 0.15) is 22.4 Å². The van der Waals surface area contributed by atoms with Crippen molar-refractivity contribution < 1.29 is 13.2 Å². The number of hydrogen-bond donors (Lipinski definition) is 1. The first-order valence-electron chi connectivity index (χ1n) is 6.79. The molecule has 0 bridgehead atoms. The fourth-order valence-electron chi connectivity index (χ4n) is 2.39. The van der Waals surface area contributed by atoms with Crippen LogP contribution in [0.15, 0.2) is 48.8 Å². The lowest BCUT2D eigenvalue weighted by Crippen LogP contribution is -2.04. The zero-order chi connectivity index (χ0) is 15.7. The van der Waals surface area contributed by atoms with Gasteiger partial charge in [0, 0.05) is 30.9 Å². The zero-order valence-electron chi connectivity index (χ0n) is 11.6. The summed E-state index contributed by atoms with van der Waals surface area (Å²) >= 11 is 0. The van der Waals surface area contributed by atoms with Gasteiger partial charge in [0.15, 0.2) is 0 Å². The van der Waals surface area contributed by atoms with Crippen LogP contribution in [-0.2, 0) is 19.1 Å². The Morgan fingerprint density at radius 2 is 1.82 bits per heavy atom. The lowest BCUT2D eigenvalue weighted by molar-refractivity contribution is -0.137. The Morgan fingerprint density at radius 3 is 2.45 bits per heavy atom. The number of aromatic nitrogens is 2. The highest BCUT2D eigenvalue weighted by Crippen LogP contribution is 2.29. The molecular weight excluding hydrogens is 291 g/mol. The fourth-order valence-corrected chi connectivity index (χ4v) is 2.39. The van der Waals surface area contributed by atoms with Gasteiger partial charge in [0.05, 0.1) is 11.3 Å². The summed E-state index contributed by atoms with van der Waals surface area (Å²) in [6.07, 6.45) is -0.0919. The van der Waals surface area contributed by atoms with Gasteiger partial charge in [-0.25, -0.2) is 4.98 Å². The molecule has 0 unspecified atom stereocenters. The van der Waals surface area contributed by atoms with Crippen molar-refractivity contribution in [3.63, 3.8) is 0 Å². The minimum absolute atomic E-state index is 0.390. The van der Waals surface area contributed by atoms with E-state index in [9.17, 15) is 13.2 Å². The molecule has 0 spiro atoms. The molecule has 0 atom stereocenters. The number of benzene rings is 1. The third-order valence-electron chi connectivity index (χ3n) is 3.50. The molecule has 22 heavy (non-hydrogen) atoms. The first kappa shape index (κ1) is 14.6. The number of nitrogens with zero attached hydrogens (tertiary/aromatic N) is 2. The number of pyridine rings is 1. The summed E-state index contributed by atoms with van der Waals surface area (Å²) in [6, 6.07) is 8.95. The standard InChI is InChI=1S/C16H14F3N3/c17-16(18,19)13-5-3-11(4-6-13)8-14-10-22-7-1-2-12(9-20)15(22)21-14/h1-7,10H,8-9,20H2. The van der Waals surface area contributed by atoms with E-state index in [2.05, 4.69) is 4.98 Å². The number of rotatable bonds is 3. The van der Waals surface area contributed by atoms with Crippen molar-refractivity contribution in [1.82, 2.24) is 9.38 Å². The van der Waals surface area contributed by atoms with Crippen molar-refractivity contribution >= 4 is 5.65 Å². The molecule has 3 aromatic rings. The van der Waals surface area contributed by atoms with E-state index in [1.54, 1.807) is 0 Å². The molecule has 0 aliphatic heterocycles. The normalized spacial score (nSPS) is 12.0. The molecule has 0 saturated heterocycles. The van der Waals surface area contributed by atoms with Crippen LogP contribution in [0, 0.1) is 0 Å². The van der Waals surface area contributed by atoms with Crippen LogP contribution in [0.5, 0.6) is 0 Å². The quantitative estimate of drug-likeness (QED) is 0.806. The van der Waals surface area contributed by atoms with Crippen molar-refractivity contribution in [2.75, 3.05) is 0 Å². The first-order chi connectivity index (χ1) is 10.5. The summed E-state index contributed by atoms with van der Waals surface area (Å²) in [5.74, 6) is 0. The van der Waals surface area contributed by atoms with Gasteiger partial charge >= 0.3 is 6.18 Å². The smallest absolute Gasteiger partial charge is 0.326 e. The van der Waals surface area contributed by atoms with E-state index < -0.39 is 11.7 Å². The zero-order valence-corrected chi connectivity index (χ0v) is 11.6. The molecular formula is C16H14F3N3. The van der Waals surface area contributed by atoms with Crippen molar-refractivity contribution in [3.8, 4) is 0 Å². The van der Waals surface area contributed by atoms with Crippen LogP contribution in [0.25, 0.3) is 5.65 Å². The lowest BCUT2D eigenvalue weighted by Gasteiger charge is -2.06. The topological polar surface area (TPSA) is 43.3 Å². The molecule has 0 radical (unpaired) electrons. The Kier molecular flexibility index (Phi) is 3.62. The van der Waals surface area contributed by atoms with Gasteiger partial charge in [0.1, 0.15) is 5.65 Å². The maximum absolute atomic E-state index is 12.5. The molecule has 2 aromatic heterocycles. The van der Waals surface area contributed by atoms with Gasteiger partial charge in [-0.15, -0.1) is 0 Å². The van der Waals surface area contributed by atoms with E-state index >= 15 is 0 Å². The number of fused-ring (bicyclic) bond motifs is 1. The Morgan fingerprint density at radius 1 is 1.09 bits per heavy atom. The summed E-state index contributed by atoms with van der Waals surface area (Å²) in [4.78, 5) is 4.51. The van der Waals surface area contributed by atoms with Gasteiger partial charge < -0.3 is 10.1 Å². The predicted octanol–water partition coefficient (Wildman–Crippen LogP) is 3.40. The highest BCUT2D eigenvalue weighted by molar-refractivity contribution is 5.49. The van der Waals surface area contributed by atoms with Crippen LogP contribution < -0.4 is 5.73 Å². The summed E-state index contributed by atoms with van der Waals surface area (Å²) in [7, 11) is 0. The van der Waals surface area contributed by atoms with Crippen LogP contribution in [0.3, 0.4) is 0 Å². The molecule has 0 aliphatic carbocycles. The number of alkyl halides is 3. The Bertz CT molecular complexity index is 788. The maximum atomic E-state index is 12.5. The molecule has 3 nitrogen and oxygen atoms in total. The van der Waals surface area contributed by atoms with Crippen LogP contribution in [0.4, 0.5) is 13.2 Å². The summed E-state index contributed by atoms with van der Waals surface area (Å²) in [6.45, 7) is 0.390. The molecule has 0 saturated carbocycles. The number of halogens is 3. The number of nitrogens with two attached hydrogens (primary N) is 1. The molecule has 2 N–H and O–H groups in total. The average molecular weight is 305 g/mol. The van der Waals surface area contributed by atoms with Gasteiger partial charge in [-0.3, -0.25) is 0 Å². The molecule has 6 heteroatoms. The molecule has 1 aromatic carbocycles. The molecule has 2 heterocycles. The third-order valence-corrected chi connectivity index (χ3v) is 3.50. The number of imidazole rings is 1. The summed E-state index contributed by atoms with van der Waals surface area (Å²) in [5, 5.41) is 0. The van der Waals surface area contributed by atoms with Crippen molar-refractivity contribution in [2.45, 2.75) is 19.1 Å². The second kappa shape index (κ2) is 5.46. The molecule has 3 rings (SSSR count). The van der Waals surface area contributed by atoms with E-state index in [0.29, 0.717) is 13.0 Å². The predicted molar refractivity (Wildman–Crippen MR) is 77.3 cm³/mol. The van der Waals surface area contributed by atoms with Crippen LogP contribution in [0.2, 0.25) is 0 Å². The summed E-state index contributed by atoms with van der Waals surface area (Å²) < 4.78 is 39.5. The third kappa shape index (κ3) is 2.82. The van der Waals surface area contributed by atoms with Crippen LogP contribution in [-0.4, -0.2) is 9.38 Å². The maximum Gasteiger partial charge on any atom is 0.416 e. The molecule has 114 valence electrons. The van der Waals surface area contributed by atoms with Gasteiger partial charge in [-0.2, -0.15) is 13.2 Å². The van der Waals surface area contributed by atoms with Gasteiger partial charge in [-0.05, 0) is 23.8 Å². The highest BCUT2D eigenvalue weighted by atomic mass is 19.4. The van der Waals surface area contributed by atoms with Crippen molar-refractivity contribution in [2.24, 2.45) is 5.73 Å². The summed E-state index contributed by atoms with van der Waals surface area (Å²) in [5.41, 5.74) is 8.32. The molecule has 0 fully saturated rings. The van der Waals surface area contributed by atoms with Crippen LogP contribution >= 0.6 is 0 Å². The first-order valence-corrected chi connectivity index (χ1v) is 6.79. The Hall–Kier alpha value is -2.34. The second-order valence-electron chi connectivity index (χ2n) is 5.07. The van der Waals surface area contributed by atoms with E-state index in [4.69, 9.17) is 5.73 Å².